The number of carbonyl (C=O) groups excluding carboxylic acids is 2. The van der Waals surface area contributed by atoms with E-state index in [0.29, 0.717) is 35.0 Å². The van der Waals surface area contributed by atoms with Crippen LogP contribution in [-0.4, -0.2) is 63.4 Å². The van der Waals surface area contributed by atoms with Gasteiger partial charge in [0.25, 0.3) is 11.8 Å². The zero-order valence-electron chi connectivity index (χ0n) is 28.5. The van der Waals surface area contributed by atoms with Crippen molar-refractivity contribution in [3.8, 4) is 0 Å². The Morgan fingerprint density at radius 1 is 1.06 bits per heavy atom. The lowest BCUT2D eigenvalue weighted by atomic mass is 9.69. The minimum atomic E-state index is -3.48. The van der Waals surface area contributed by atoms with Gasteiger partial charge in [-0.2, -0.15) is 5.21 Å². The second-order valence-corrected chi connectivity index (χ2v) is 17.3. The Labute approximate surface area is 277 Å². The lowest BCUT2D eigenvalue weighted by Gasteiger charge is -2.47. The van der Waals surface area contributed by atoms with Crippen molar-refractivity contribution in [2.24, 2.45) is 21.7 Å². The standard InChI is InChI=1S/C35H47N7O4S/c1-33(2,3)18-17-28(23-11-13-24(14-12-23)31(43)36-22-29-38-40-41-39-29)42-32(44)30(25-9-8-10-27(21-25)47(7,45)46)37-35(42)19-15-26(16-20-35)34(4,5)6/h8-14,21,26,28H,15-20,22H2,1-7H3,(H,36,43)(H,38,39,40,41)/t26?,28-,35?/m1/s1. The summed E-state index contributed by atoms with van der Waals surface area (Å²) in [6.07, 6.45) is 6.03. The average molecular weight is 662 g/mol. The Bertz CT molecular complexity index is 1730. The summed E-state index contributed by atoms with van der Waals surface area (Å²) in [6, 6.07) is 13.7. The fraction of sp³-hybridized carbons (Fsp3) is 0.543. The molecule has 252 valence electrons. The zero-order chi connectivity index (χ0) is 34.2. The van der Waals surface area contributed by atoms with Crippen molar-refractivity contribution in [2.75, 3.05) is 6.26 Å². The van der Waals surface area contributed by atoms with Gasteiger partial charge < -0.3 is 10.2 Å². The maximum absolute atomic E-state index is 14.7. The molecular formula is C35H47N7O4S. The zero-order valence-corrected chi connectivity index (χ0v) is 29.3. The van der Waals surface area contributed by atoms with Crippen molar-refractivity contribution in [1.82, 2.24) is 30.8 Å². The first kappa shape index (κ1) is 34.4. The molecule has 2 aliphatic rings. The van der Waals surface area contributed by atoms with Gasteiger partial charge in [-0.05, 0) is 85.1 Å². The van der Waals surface area contributed by atoms with E-state index in [1.54, 1.807) is 36.4 Å². The molecule has 3 aromatic rings. The number of tetrazole rings is 1. The molecule has 1 atom stereocenters. The molecule has 2 N–H and O–H groups in total. The van der Waals surface area contributed by atoms with Crippen LogP contribution in [0.4, 0.5) is 0 Å². The van der Waals surface area contributed by atoms with Gasteiger partial charge in [0.15, 0.2) is 15.7 Å². The Morgan fingerprint density at radius 2 is 1.74 bits per heavy atom. The van der Waals surface area contributed by atoms with E-state index < -0.39 is 15.5 Å². The summed E-state index contributed by atoms with van der Waals surface area (Å²) in [5.41, 5.74) is 1.63. The third-order valence-electron chi connectivity index (χ3n) is 9.57. The van der Waals surface area contributed by atoms with Crippen LogP contribution < -0.4 is 5.32 Å². The first-order chi connectivity index (χ1) is 22.0. The number of amides is 2. The molecule has 12 heteroatoms. The number of nitrogens with zero attached hydrogens (tertiary/aromatic N) is 5. The number of rotatable bonds is 9. The highest BCUT2D eigenvalue weighted by atomic mass is 32.2. The van der Waals surface area contributed by atoms with E-state index in [2.05, 4.69) is 67.5 Å². The van der Waals surface area contributed by atoms with Gasteiger partial charge in [-0.15, -0.1) is 10.2 Å². The fourth-order valence-corrected chi connectivity index (χ4v) is 7.46. The third-order valence-corrected chi connectivity index (χ3v) is 10.7. The molecule has 0 radical (unpaired) electrons. The van der Waals surface area contributed by atoms with Crippen molar-refractivity contribution in [2.45, 2.75) is 103 Å². The minimum Gasteiger partial charge on any atom is -0.345 e. The maximum atomic E-state index is 14.7. The highest BCUT2D eigenvalue weighted by Crippen LogP contribution is 2.50. The summed E-state index contributed by atoms with van der Waals surface area (Å²) >= 11 is 0. The number of nitrogens with one attached hydrogen (secondary N) is 2. The smallest absolute Gasteiger partial charge is 0.275 e. The normalized spacial score (nSPS) is 21.2. The van der Waals surface area contributed by atoms with Crippen LogP contribution in [0.5, 0.6) is 0 Å². The van der Waals surface area contributed by atoms with Gasteiger partial charge >= 0.3 is 0 Å². The predicted octanol–water partition coefficient (Wildman–Crippen LogP) is 5.66. The lowest BCUT2D eigenvalue weighted by molar-refractivity contribution is -0.134. The largest absolute Gasteiger partial charge is 0.345 e. The number of hydrogen-bond donors (Lipinski definition) is 2. The molecule has 0 bridgehead atoms. The van der Waals surface area contributed by atoms with Gasteiger partial charge in [-0.3, -0.25) is 14.6 Å². The summed E-state index contributed by atoms with van der Waals surface area (Å²) in [4.78, 5) is 35.0. The molecule has 2 heterocycles. The summed E-state index contributed by atoms with van der Waals surface area (Å²) in [5, 5.41) is 16.4. The van der Waals surface area contributed by atoms with Crippen LogP contribution >= 0.6 is 0 Å². The van der Waals surface area contributed by atoms with Crippen molar-refractivity contribution < 1.29 is 18.0 Å². The van der Waals surface area contributed by atoms with Crippen molar-refractivity contribution in [3.05, 3.63) is 71.0 Å². The van der Waals surface area contributed by atoms with Crippen LogP contribution in [-0.2, 0) is 21.2 Å². The molecule has 1 saturated carbocycles. The van der Waals surface area contributed by atoms with E-state index in [0.717, 1.165) is 37.7 Å². The quantitative estimate of drug-likeness (QED) is 0.300. The van der Waals surface area contributed by atoms with E-state index >= 15 is 0 Å². The molecule has 0 unspecified atom stereocenters. The van der Waals surface area contributed by atoms with Crippen molar-refractivity contribution in [3.63, 3.8) is 0 Å². The van der Waals surface area contributed by atoms with Crippen LogP contribution in [0.15, 0.2) is 58.4 Å². The number of aromatic amines is 1. The van der Waals surface area contributed by atoms with E-state index in [4.69, 9.17) is 4.99 Å². The average Bonchev–Trinajstić information content (AvgIpc) is 3.62. The molecule has 47 heavy (non-hydrogen) atoms. The monoisotopic (exact) mass is 661 g/mol. The highest BCUT2D eigenvalue weighted by Gasteiger charge is 2.52. The maximum Gasteiger partial charge on any atom is 0.275 e. The van der Waals surface area contributed by atoms with Crippen LogP contribution in [0.2, 0.25) is 0 Å². The second kappa shape index (κ2) is 12.9. The summed E-state index contributed by atoms with van der Waals surface area (Å²) in [7, 11) is -3.48. The van der Waals surface area contributed by atoms with Crippen LogP contribution in [0.1, 0.15) is 113 Å². The van der Waals surface area contributed by atoms with Crippen LogP contribution in [0, 0.1) is 16.7 Å². The van der Waals surface area contributed by atoms with Gasteiger partial charge in [0, 0.05) is 17.4 Å². The minimum absolute atomic E-state index is 0.0145. The lowest BCUT2D eigenvalue weighted by Crippen LogP contribution is -2.51. The summed E-state index contributed by atoms with van der Waals surface area (Å²) in [5.74, 6) is 0.425. The molecule has 1 aliphatic carbocycles. The van der Waals surface area contributed by atoms with Gasteiger partial charge in [0.1, 0.15) is 11.4 Å². The summed E-state index contributed by atoms with van der Waals surface area (Å²) < 4.78 is 24.9. The predicted molar refractivity (Wildman–Crippen MR) is 180 cm³/mol. The van der Waals surface area contributed by atoms with Gasteiger partial charge in [0.2, 0.25) is 0 Å². The molecule has 11 nitrogen and oxygen atoms in total. The number of sulfone groups is 1. The highest BCUT2D eigenvalue weighted by molar-refractivity contribution is 7.90. The number of hydrogen-bond acceptors (Lipinski definition) is 8. The van der Waals surface area contributed by atoms with E-state index in [1.165, 1.54) is 6.26 Å². The second-order valence-electron chi connectivity index (χ2n) is 15.3. The number of aliphatic imine (C=N–C) groups is 1. The Morgan fingerprint density at radius 3 is 2.32 bits per heavy atom. The van der Waals surface area contributed by atoms with E-state index in [1.807, 2.05) is 17.0 Å². The van der Waals surface area contributed by atoms with Crippen LogP contribution in [0.3, 0.4) is 0 Å². The Kier molecular flexibility index (Phi) is 9.47. The molecule has 1 spiro atoms. The van der Waals surface area contributed by atoms with Gasteiger partial charge in [-0.25, -0.2) is 8.42 Å². The molecule has 2 aromatic carbocycles. The van der Waals surface area contributed by atoms with E-state index in [9.17, 15) is 18.0 Å². The number of aromatic nitrogens is 4. The first-order valence-corrected chi connectivity index (χ1v) is 18.2. The van der Waals surface area contributed by atoms with Crippen LogP contribution in [0.25, 0.3) is 0 Å². The Hall–Kier alpha value is -3.93. The fourth-order valence-electron chi connectivity index (χ4n) is 6.80. The van der Waals surface area contributed by atoms with Crippen molar-refractivity contribution >= 4 is 27.4 Å². The number of carbonyl (C=O) groups is 2. The molecule has 5 rings (SSSR count). The molecule has 1 aromatic heterocycles. The topological polar surface area (TPSA) is 150 Å². The molecular weight excluding hydrogens is 614 g/mol. The molecule has 1 aliphatic heterocycles. The van der Waals surface area contributed by atoms with Gasteiger partial charge in [0.05, 0.1) is 17.5 Å². The molecule has 2 amide bonds. The Balaban J connectivity index is 1.53. The third kappa shape index (κ3) is 7.80. The van der Waals surface area contributed by atoms with E-state index in [-0.39, 0.29) is 40.1 Å². The van der Waals surface area contributed by atoms with Gasteiger partial charge in [-0.1, -0.05) is 71.0 Å². The number of H-pyrrole nitrogens is 1. The molecule has 0 saturated heterocycles. The summed E-state index contributed by atoms with van der Waals surface area (Å²) in [6.45, 7) is 13.5. The van der Waals surface area contributed by atoms with Crippen molar-refractivity contribution in [1.29, 1.82) is 0 Å². The first-order valence-electron chi connectivity index (χ1n) is 16.3. The SMILES string of the molecule is CC(C)(C)CC[C@H](c1ccc(C(=O)NCc2nn[nH]n2)cc1)N1C(=O)C(c2cccc(S(C)(=O)=O)c2)=NC12CCC(C(C)(C)C)CC2. The number of benzene rings is 2. The molecule has 1 fully saturated rings.